The van der Waals surface area contributed by atoms with Gasteiger partial charge in [-0.3, -0.25) is 14.6 Å². The summed E-state index contributed by atoms with van der Waals surface area (Å²) >= 11 is 0. The van der Waals surface area contributed by atoms with Crippen LogP contribution in [0.3, 0.4) is 0 Å². The van der Waals surface area contributed by atoms with Gasteiger partial charge in [-0.15, -0.1) is 0 Å². The van der Waals surface area contributed by atoms with Crippen molar-refractivity contribution in [1.82, 2.24) is 14.9 Å². The van der Waals surface area contributed by atoms with Crippen molar-refractivity contribution in [1.29, 1.82) is 0 Å². The normalized spacial score (nSPS) is 16.7. The summed E-state index contributed by atoms with van der Waals surface area (Å²) in [6, 6.07) is 4.56. The fourth-order valence-corrected chi connectivity index (χ4v) is 3.50. The number of piperidine rings is 1. The maximum absolute atomic E-state index is 12.9. The third kappa shape index (κ3) is 4.42. The van der Waals surface area contributed by atoms with E-state index in [0.29, 0.717) is 5.69 Å². The number of aryl methyl sites for hydroxylation is 1. The molecule has 7 nitrogen and oxygen atoms in total. The average Bonchev–Trinajstić information content (AvgIpc) is 2.64. The summed E-state index contributed by atoms with van der Waals surface area (Å²) < 4.78 is 38.8. The molecule has 1 fully saturated rings. The SMILES string of the molecule is Cc1[nH]c(=O)[nH]c(=O)c1CC(=O)N1CCC(O)(c2cccc(C(F)(F)F)c2)CC1. The predicted molar refractivity (Wildman–Crippen MR) is 97.3 cm³/mol. The van der Waals surface area contributed by atoms with Gasteiger partial charge in [-0.2, -0.15) is 13.2 Å². The van der Waals surface area contributed by atoms with Crippen molar-refractivity contribution in [3.63, 3.8) is 0 Å². The first-order valence-corrected chi connectivity index (χ1v) is 8.99. The molecule has 1 amide bonds. The number of hydrogen-bond donors (Lipinski definition) is 3. The fourth-order valence-electron chi connectivity index (χ4n) is 3.50. The van der Waals surface area contributed by atoms with Crippen LogP contribution >= 0.6 is 0 Å². The summed E-state index contributed by atoms with van der Waals surface area (Å²) in [5, 5.41) is 10.8. The van der Waals surface area contributed by atoms with Crippen molar-refractivity contribution >= 4 is 5.91 Å². The molecule has 29 heavy (non-hydrogen) atoms. The zero-order chi connectivity index (χ0) is 21.4. The Kier molecular flexibility index (Phi) is 5.40. The Balaban J connectivity index is 1.71. The first kappa shape index (κ1) is 20.8. The molecule has 0 saturated carbocycles. The van der Waals surface area contributed by atoms with Crippen LogP contribution in [-0.2, 0) is 23.0 Å². The maximum atomic E-state index is 12.9. The lowest BCUT2D eigenvalue weighted by atomic mass is 9.83. The van der Waals surface area contributed by atoms with E-state index in [1.807, 2.05) is 0 Å². The number of aromatic amines is 2. The molecule has 156 valence electrons. The van der Waals surface area contributed by atoms with Crippen LogP contribution in [0, 0.1) is 6.92 Å². The molecule has 3 rings (SSSR count). The van der Waals surface area contributed by atoms with Crippen LogP contribution in [0.5, 0.6) is 0 Å². The largest absolute Gasteiger partial charge is 0.416 e. The second-order valence-corrected chi connectivity index (χ2v) is 7.18. The number of carbonyl (C=O) groups is 1. The molecule has 0 radical (unpaired) electrons. The van der Waals surface area contributed by atoms with E-state index in [9.17, 15) is 32.7 Å². The average molecular weight is 411 g/mol. The number of halogens is 3. The summed E-state index contributed by atoms with van der Waals surface area (Å²) in [5.41, 5.74) is -3.01. The minimum absolute atomic E-state index is 0.0704. The molecule has 1 aliphatic heterocycles. The van der Waals surface area contributed by atoms with E-state index in [1.165, 1.54) is 24.0 Å². The molecule has 1 aliphatic rings. The number of hydrogen-bond acceptors (Lipinski definition) is 4. The van der Waals surface area contributed by atoms with Crippen LogP contribution in [0.1, 0.15) is 35.2 Å². The van der Waals surface area contributed by atoms with E-state index >= 15 is 0 Å². The molecule has 1 saturated heterocycles. The molecule has 2 aromatic rings. The van der Waals surface area contributed by atoms with Gasteiger partial charge in [0.15, 0.2) is 0 Å². The molecule has 0 aliphatic carbocycles. The van der Waals surface area contributed by atoms with Crippen LogP contribution in [0.4, 0.5) is 13.2 Å². The van der Waals surface area contributed by atoms with E-state index in [2.05, 4.69) is 9.97 Å². The summed E-state index contributed by atoms with van der Waals surface area (Å²) in [4.78, 5) is 41.6. The minimum Gasteiger partial charge on any atom is -0.385 e. The Morgan fingerprint density at radius 3 is 2.45 bits per heavy atom. The summed E-state index contributed by atoms with van der Waals surface area (Å²) in [7, 11) is 0. The van der Waals surface area contributed by atoms with E-state index in [1.54, 1.807) is 0 Å². The van der Waals surface area contributed by atoms with Gasteiger partial charge in [-0.1, -0.05) is 12.1 Å². The van der Waals surface area contributed by atoms with Crippen molar-refractivity contribution in [2.45, 2.75) is 38.0 Å². The van der Waals surface area contributed by atoms with Crippen LogP contribution < -0.4 is 11.2 Å². The first-order chi connectivity index (χ1) is 13.5. The van der Waals surface area contributed by atoms with Gasteiger partial charge < -0.3 is 15.0 Å². The quantitative estimate of drug-likeness (QED) is 0.711. The van der Waals surface area contributed by atoms with Crippen molar-refractivity contribution in [2.75, 3.05) is 13.1 Å². The van der Waals surface area contributed by atoms with Crippen molar-refractivity contribution in [3.8, 4) is 0 Å². The highest BCUT2D eigenvalue weighted by molar-refractivity contribution is 5.79. The maximum Gasteiger partial charge on any atom is 0.416 e. The third-order valence-electron chi connectivity index (χ3n) is 5.25. The molecule has 2 heterocycles. The van der Waals surface area contributed by atoms with Gasteiger partial charge >= 0.3 is 11.9 Å². The molecule has 1 aromatic heterocycles. The minimum atomic E-state index is -4.51. The molecule has 0 atom stereocenters. The molecule has 0 bridgehead atoms. The fraction of sp³-hybridized carbons (Fsp3) is 0.421. The molecular formula is C19H20F3N3O4. The van der Waals surface area contributed by atoms with Gasteiger partial charge in [-0.25, -0.2) is 4.79 Å². The number of amides is 1. The monoisotopic (exact) mass is 411 g/mol. The second kappa shape index (κ2) is 7.51. The Morgan fingerprint density at radius 1 is 1.21 bits per heavy atom. The van der Waals surface area contributed by atoms with E-state index in [4.69, 9.17) is 0 Å². The smallest absolute Gasteiger partial charge is 0.385 e. The lowest BCUT2D eigenvalue weighted by Crippen LogP contribution is -2.46. The Hall–Kier alpha value is -2.88. The summed E-state index contributed by atoms with van der Waals surface area (Å²) in [6.07, 6.45) is -4.59. The number of nitrogens with zero attached hydrogens (tertiary/aromatic N) is 1. The Morgan fingerprint density at radius 2 is 1.86 bits per heavy atom. The highest BCUT2D eigenvalue weighted by Crippen LogP contribution is 2.36. The lowest BCUT2D eigenvalue weighted by molar-refractivity contribution is -0.137. The zero-order valence-electron chi connectivity index (χ0n) is 15.6. The van der Waals surface area contributed by atoms with Crippen molar-refractivity contribution in [2.24, 2.45) is 0 Å². The highest BCUT2D eigenvalue weighted by atomic mass is 19.4. The number of nitrogens with one attached hydrogen (secondary N) is 2. The summed E-state index contributed by atoms with van der Waals surface area (Å²) in [5.74, 6) is -0.364. The number of aliphatic hydroxyl groups is 1. The number of aromatic nitrogens is 2. The molecule has 0 spiro atoms. The number of likely N-dealkylation sites (tertiary alicyclic amines) is 1. The zero-order valence-corrected chi connectivity index (χ0v) is 15.6. The standard InChI is InChI=1S/C19H20F3N3O4/c1-11-14(16(27)24-17(28)23-11)10-15(26)25-7-5-18(29,6-8-25)12-3-2-4-13(9-12)19(20,21)22/h2-4,9,29H,5-8,10H2,1H3,(H2,23,24,27,28). The molecule has 1 aromatic carbocycles. The second-order valence-electron chi connectivity index (χ2n) is 7.18. The lowest BCUT2D eigenvalue weighted by Gasteiger charge is -2.38. The number of H-pyrrole nitrogens is 2. The van der Waals surface area contributed by atoms with Crippen molar-refractivity contribution < 1.29 is 23.1 Å². The van der Waals surface area contributed by atoms with Gasteiger partial charge in [0.25, 0.3) is 5.56 Å². The number of carbonyl (C=O) groups excluding carboxylic acids is 1. The van der Waals surface area contributed by atoms with Gasteiger partial charge in [0.2, 0.25) is 5.91 Å². The van der Waals surface area contributed by atoms with Crippen LogP contribution in [-0.4, -0.2) is 39.0 Å². The molecule has 3 N–H and O–H groups in total. The van der Waals surface area contributed by atoms with E-state index in [-0.39, 0.29) is 49.4 Å². The number of alkyl halides is 3. The van der Waals surface area contributed by atoms with E-state index < -0.39 is 28.6 Å². The number of benzene rings is 1. The predicted octanol–water partition coefficient (Wildman–Crippen LogP) is 1.44. The third-order valence-corrected chi connectivity index (χ3v) is 5.25. The van der Waals surface area contributed by atoms with Gasteiger partial charge in [-0.05, 0) is 37.5 Å². The van der Waals surface area contributed by atoms with Crippen LogP contribution in [0.2, 0.25) is 0 Å². The first-order valence-electron chi connectivity index (χ1n) is 8.99. The molecule has 0 unspecified atom stereocenters. The van der Waals surface area contributed by atoms with E-state index in [0.717, 1.165) is 12.1 Å². The Bertz CT molecular complexity index is 1030. The van der Waals surface area contributed by atoms with Gasteiger partial charge in [0, 0.05) is 24.3 Å². The number of rotatable bonds is 3. The van der Waals surface area contributed by atoms with Crippen molar-refractivity contribution in [3.05, 3.63) is 67.5 Å². The topological polar surface area (TPSA) is 106 Å². The molecule has 10 heteroatoms. The highest BCUT2D eigenvalue weighted by Gasteiger charge is 2.38. The van der Waals surface area contributed by atoms with Gasteiger partial charge in [0.1, 0.15) is 0 Å². The Labute approximate surface area is 163 Å². The summed E-state index contributed by atoms with van der Waals surface area (Å²) in [6.45, 7) is 1.78. The van der Waals surface area contributed by atoms with Crippen LogP contribution in [0.15, 0.2) is 33.9 Å². The molecular weight excluding hydrogens is 391 g/mol. The van der Waals surface area contributed by atoms with Gasteiger partial charge in [0.05, 0.1) is 17.6 Å². The van der Waals surface area contributed by atoms with Crippen LogP contribution in [0.25, 0.3) is 0 Å².